The van der Waals surface area contributed by atoms with Gasteiger partial charge in [-0.3, -0.25) is 4.79 Å². The van der Waals surface area contributed by atoms with Crippen LogP contribution in [0.4, 0.5) is 11.6 Å². The van der Waals surface area contributed by atoms with Crippen LogP contribution in [0.25, 0.3) is 0 Å². The number of hydrogen-bond acceptors (Lipinski definition) is 6. The highest BCUT2D eigenvalue weighted by Gasteiger charge is 2.33. The van der Waals surface area contributed by atoms with E-state index < -0.39 is 9.84 Å². The van der Waals surface area contributed by atoms with E-state index in [-0.39, 0.29) is 23.5 Å². The first kappa shape index (κ1) is 16.4. The molecule has 1 atom stereocenters. The Morgan fingerprint density at radius 2 is 1.88 bits per heavy atom. The van der Waals surface area contributed by atoms with Gasteiger partial charge in [-0.05, 0) is 18.6 Å². The summed E-state index contributed by atoms with van der Waals surface area (Å²) < 4.78 is 23.1. The van der Waals surface area contributed by atoms with E-state index in [0.717, 1.165) is 5.69 Å². The zero-order valence-electron chi connectivity index (χ0n) is 13.2. The summed E-state index contributed by atoms with van der Waals surface area (Å²) in [5, 5.41) is 3.04. The number of carbonyl (C=O) groups is 1. The van der Waals surface area contributed by atoms with Crippen LogP contribution in [0.1, 0.15) is 16.8 Å². The lowest BCUT2D eigenvalue weighted by Gasteiger charge is -2.23. The summed E-state index contributed by atoms with van der Waals surface area (Å²) >= 11 is 0. The summed E-state index contributed by atoms with van der Waals surface area (Å²) in [6.07, 6.45) is 3.36. The van der Waals surface area contributed by atoms with Crippen molar-refractivity contribution < 1.29 is 13.2 Å². The summed E-state index contributed by atoms with van der Waals surface area (Å²) in [7, 11) is -1.42. The van der Waals surface area contributed by atoms with E-state index in [9.17, 15) is 13.2 Å². The molecular formula is C16H18N4O3S. The van der Waals surface area contributed by atoms with Gasteiger partial charge in [0.2, 0.25) is 5.95 Å². The Hall–Kier alpha value is -2.48. The van der Waals surface area contributed by atoms with Crippen molar-refractivity contribution >= 4 is 27.4 Å². The average Bonchev–Trinajstić information content (AvgIpc) is 2.95. The van der Waals surface area contributed by atoms with Crippen LogP contribution in [-0.2, 0) is 9.84 Å². The second-order valence-electron chi connectivity index (χ2n) is 5.76. The van der Waals surface area contributed by atoms with Crippen LogP contribution in [0.15, 0.2) is 42.7 Å². The highest BCUT2D eigenvalue weighted by atomic mass is 32.2. The zero-order chi connectivity index (χ0) is 17.2. The maximum atomic E-state index is 12.4. The fourth-order valence-electron chi connectivity index (χ4n) is 2.60. The minimum absolute atomic E-state index is 0.0176. The molecule has 7 nitrogen and oxygen atoms in total. The molecule has 1 amide bonds. The predicted octanol–water partition coefficient (Wildman–Crippen LogP) is 1.48. The van der Waals surface area contributed by atoms with Crippen molar-refractivity contribution in [2.24, 2.45) is 0 Å². The van der Waals surface area contributed by atoms with Crippen LogP contribution in [-0.4, -0.2) is 53.8 Å². The SMILES string of the molecule is CN(C(=O)c1cnc(Nc2ccccc2)nc1)C1CCS(=O)(=O)C1. The molecule has 1 unspecified atom stereocenters. The molecule has 1 N–H and O–H groups in total. The predicted molar refractivity (Wildman–Crippen MR) is 90.9 cm³/mol. The maximum Gasteiger partial charge on any atom is 0.257 e. The molecule has 0 spiro atoms. The molecule has 0 saturated carbocycles. The Labute approximate surface area is 140 Å². The number of hydrogen-bond donors (Lipinski definition) is 1. The van der Waals surface area contributed by atoms with E-state index in [1.165, 1.54) is 17.3 Å². The Kier molecular flexibility index (Phi) is 4.48. The summed E-state index contributed by atoms with van der Waals surface area (Å²) in [4.78, 5) is 22.2. The monoisotopic (exact) mass is 346 g/mol. The third-order valence-corrected chi connectivity index (χ3v) is 5.76. The highest BCUT2D eigenvalue weighted by molar-refractivity contribution is 7.91. The molecule has 8 heteroatoms. The molecule has 0 radical (unpaired) electrons. The molecule has 0 bridgehead atoms. The first-order chi connectivity index (χ1) is 11.4. The fourth-order valence-corrected chi connectivity index (χ4v) is 4.38. The third-order valence-electron chi connectivity index (χ3n) is 4.01. The van der Waals surface area contributed by atoms with E-state index in [0.29, 0.717) is 17.9 Å². The summed E-state index contributed by atoms with van der Waals surface area (Å²) in [6, 6.07) is 9.18. The number of nitrogens with one attached hydrogen (secondary N) is 1. The molecule has 3 rings (SSSR count). The van der Waals surface area contributed by atoms with Gasteiger partial charge in [0, 0.05) is 31.2 Å². The number of benzene rings is 1. The smallest absolute Gasteiger partial charge is 0.257 e. The topological polar surface area (TPSA) is 92.3 Å². The second-order valence-corrected chi connectivity index (χ2v) is 7.99. The minimum Gasteiger partial charge on any atom is -0.338 e. The van der Waals surface area contributed by atoms with Gasteiger partial charge in [-0.2, -0.15) is 0 Å². The summed E-state index contributed by atoms with van der Waals surface area (Å²) in [6.45, 7) is 0. The lowest BCUT2D eigenvalue weighted by Crippen LogP contribution is -2.37. The average molecular weight is 346 g/mol. The number of rotatable bonds is 4. The first-order valence-electron chi connectivity index (χ1n) is 7.56. The van der Waals surface area contributed by atoms with Gasteiger partial charge >= 0.3 is 0 Å². The normalized spacial score (nSPS) is 19.0. The van der Waals surface area contributed by atoms with Crippen molar-refractivity contribution in [3.63, 3.8) is 0 Å². The van der Waals surface area contributed by atoms with Crippen LogP contribution in [0, 0.1) is 0 Å². The Bertz CT molecular complexity index is 822. The second kappa shape index (κ2) is 6.56. The number of sulfone groups is 1. The largest absolute Gasteiger partial charge is 0.338 e. The summed E-state index contributed by atoms with van der Waals surface area (Å²) in [5.74, 6) is 0.266. The number of para-hydroxylation sites is 1. The van der Waals surface area contributed by atoms with Crippen LogP contribution in [0.5, 0.6) is 0 Å². The maximum absolute atomic E-state index is 12.4. The van der Waals surface area contributed by atoms with Gasteiger partial charge in [0.1, 0.15) is 0 Å². The van der Waals surface area contributed by atoms with Crippen molar-refractivity contribution in [3.8, 4) is 0 Å². The number of carbonyl (C=O) groups excluding carboxylic acids is 1. The fraction of sp³-hybridized carbons (Fsp3) is 0.312. The van der Waals surface area contributed by atoms with Crippen molar-refractivity contribution in [2.45, 2.75) is 12.5 Å². The quantitative estimate of drug-likeness (QED) is 0.901. The van der Waals surface area contributed by atoms with E-state index in [4.69, 9.17) is 0 Å². The van der Waals surface area contributed by atoms with Crippen molar-refractivity contribution in [2.75, 3.05) is 23.9 Å². The van der Waals surface area contributed by atoms with Crippen LogP contribution >= 0.6 is 0 Å². The summed E-state index contributed by atoms with van der Waals surface area (Å²) in [5.41, 5.74) is 1.19. The van der Waals surface area contributed by atoms with Gasteiger partial charge in [-0.1, -0.05) is 18.2 Å². The van der Waals surface area contributed by atoms with Crippen molar-refractivity contribution in [3.05, 3.63) is 48.3 Å². The molecule has 1 aromatic carbocycles. The molecule has 1 aliphatic heterocycles. The Balaban J connectivity index is 1.67. The van der Waals surface area contributed by atoms with Crippen LogP contribution in [0.3, 0.4) is 0 Å². The van der Waals surface area contributed by atoms with Crippen molar-refractivity contribution in [1.29, 1.82) is 0 Å². The van der Waals surface area contributed by atoms with Crippen LogP contribution < -0.4 is 5.32 Å². The molecule has 1 fully saturated rings. The first-order valence-corrected chi connectivity index (χ1v) is 9.38. The Morgan fingerprint density at radius 1 is 1.21 bits per heavy atom. The molecule has 0 aliphatic carbocycles. The molecule has 2 aromatic rings. The molecule has 1 aromatic heterocycles. The number of aromatic nitrogens is 2. The number of amides is 1. The van der Waals surface area contributed by atoms with Gasteiger partial charge in [-0.15, -0.1) is 0 Å². The zero-order valence-corrected chi connectivity index (χ0v) is 14.0. The lowest BCUT2D eigenvalue weighted by molar-refractivity contribution is 0.0747. The van der Waals surface area contributed by atoms with Gasteiger partial charge in [-0.25, -0.2) is 18.4 Å². The van der Waals surface area contributed by atoms with Gasteiger partial charge in [0.05, 0.1) is 17.1 Å². The Morgan fingerprint density at radius 3 is 2.46 bits per heavy atom. The third kappa shape index (κ3) is 3.70. The lowest BCUT2D eigenvalue weighted by atomic mass is 10.2. The highest BCUT2D eigenvalue weighted by Crippen LogP contribution is 2.18. The van der Waals surface area contributed by atoms with Crippen molar-refractivity contribution in [1.82, 2.24) is 14.9 Å². The molecule has 126 valence electrons. The van der Waals surface area contributed by atoms with E-state index >= 15 is 0 Å². The van der Waals surface area contributed by atoms with Gasteiger partial charge in [0.15, 0.2) is 9.84 Å². The number of nitrogens with zero attached hydrogens (tertiary/aromatic N) is 3. The molecular weight excluding hydrogens is 328 g/mol. The minimum atomic E-state index is -3.03. The standard InChI is InChI=1S/C16H18N4O3S/c1-20(14-7-8-24(22,23)11-14)15(21)12-9-17-16(18-10-12)19-13-5-3-2-4-6-13/h2-6,9-10,14H,7-8,11H2,1H3,(H,17,18,19). The molecule has 1 saturated heterocycles. The molecule has 24 heavy (non-hydrogen) atoms. The van der Waals surface area contributed by atoms with Crippen LogP contribution in [0.2, 0.25) is 0 Å². The van der Waals surface area contributed by atoms with E-state index in [1.54, 1.807) is 7.05 Å². The number of anilines is 2. The van der Waals surface area contributed by atoms with Gasteiger partial charge < -0.3 is 10.2 Å². The molecule has 1 aliphatic rings. The molecule has 2 heterocycles. The van der Waals surface area contributed by atoms with E-state index in [2.05, 4.69) is 15.3 Å². The van der Waals surface area contributed by atoms with Gasteiger partial charge in [0.25, 0.3) is 5.91 Å². The van der Waals surface area contributed by atoms with E-state index in [1.807, 2.05) is 30.3 Å².